The highest BCUT2D eigenvalue weighted by molar-refractivity contribution is 6.18. The van der Waals surface area contributed by atoms with Crippen LogP contribution in [0.15, 0.2) is 36.4 Å². The molecule has 0 aliphatic heterocycles. The highest BCUT2D eigenvalue weighted by atomic mass is 35.5. The number of nitro benzene ring substituents is 1. The van der Waals surface area contributed by atoms with Gasteiger partial charge in [0.25, 0.3) is 5.69 Å². The second kappa shape index (κ2) is 6.03. The summed E-state index contributed by atoms with van der Waals surface area (Å²) < 4.78 is 5.25. The molecule has 0 saturated carbocycles. The van der Waals surface area contributed by atoms with Crippen LogP contribution in [0.4, 0.5) is 5.69 Å². The summed E-state index contributed by atoms with van der Waals surface area (Å²) in [5.74, 6) is 0.904. The number of alkyl halides is 1. The van der Waals surface area contributed by atoms with E-state index >= 15 is 0 Å². The van der Waals surface area contributed by atoms with Crippen LogP contribution in [-0.4, -0.2) is 17.4 Å². The zero-order valence-corrected chi connectivity index (χ0v) is 8.68. The number of hydrogen-bond donors (Lipinski definition) is 0. The van der Waals surface area contributed by atoms with Crippen molar-refractivity contribution in [3.63, 3.8) is 0 Å². The fourth-order valence-electron chi connectivity index (χ4n) is 0.962. The van der Waals surface area contributed by atoms with E-state index in [0.29, 0.717) is 18.2 Å². The van der Waals surface area contributed by atoms with Gasteiger partial charge in [0.1, 0.15) is 12.4 Å². The lowest BCUT2D eigenvalue weighted by Crippen LogP contribution is -1.94. The molecule has 0 aliphatic rings. The lowest BCUT2D eigenvalue weighted by molar-refractivity contribution is -0.384. The molecule has 0 aromatic heterocycles. The fraction of sp³-hybridized carbons (Fsp3) is 0.200. The van der Waals surface area contributed by atoms with Crippen molar-refractivity contribution in [1.82, 2.24) is 0 Å². The maximum Gasteiger partial charge on any atom is 0.273 e. The maximum absolute atomic E-state index is 10.4. The number of rotatable bonds is 5. The minimum atomic E-state index is -0.457. The molecule has 4 nitrogen and oxygen atoms in total. The Bertz CT molecular complexity index is 365. The third-order valence-electron chi connectivity index (χ3n) is 1.63. The van der Waals surface area contributed by atoms with Crippen LogP contribution in [0.3, 0.4) is 0 Å². The number of nitrogens with zero attached hydrogens (tertiary/aromatic N) is 1. The molecule has 0 heterocycles. The van der Waals surface area contributed by atoms with E-state index in [9.17, 15) is 10.1 Å². The van der Waals surface area contributed by atoms with Gasteiger partial charge in [-0.1, -0.05) is 18.2 Å². The summed E-state index contributed by atoms with van der Waals surface area (Å²) in [7, 11) is 0. The van der Waals surface area contributed by atoms with Crippen LogP contribution >= 0.6 is 11.6 Å². The highest BCUT2D eigenvalue weighted by Gasteiger charge is 2.05. The molecule has 0 saturated heterocycles. The predicted octanol–water partition coefficient (Wildman–Crippen LogP) is 2.77. The van der Waals surface area contributed by atoms with Crippen LogP contribution in [0.5, 0.6) is 5.75 Å². The summed E-state index contributed by atoms with van der Waals surface area (Å²) in [6, 6.07) is 6.05. The van der Waals surface area contributed by atoms with Gasteiger partial charge in [-0.05, 0) is 6.07 Å². The van der Waals surface area contributed by atoms with Gasteiger partial charge < -0.3 is 4.74 Å². The highest BCUT2D eigenvalue weighted by Crippen LogP contribution is 2.18. The zero-order chi connectivity index (χ0) is 11.1. The molecule has 5 heteroatoms. The van der Waals surface area contributed by atoms with Crippen molar-refractivity contribution in [3.05, 3.63) is 46.5 Å². The van der Waals surface area contributed by atoms with Gasteiger partial charge in [-0.3, -0.25) is 10.1 Å². The van der Waals surface area contributed by atoms with Crippen molar-refractivity contribution in [1.29, 1.82) is 0 Å². The fourth-order valence-corrected chi connectivity index (χ4v) is 1.09. The Morgan fingerprint density at radius 1 is 1.47 bits per heavy atom. The standard InChI is InChI=1S/C10H10ClNO3/c11-6-1-2-7-15-10-5-3-4-9(8-10)12(13)14/h1-5,8H,6-7H2. The number of allylic oxidation sites excluding steroid dienone is 1. The first-order chi connectivity index (χ1) is 7.24. The number of hydrogen-bond acceptors (Lipinski definition) is 3. The van der Waals surface area contributed by atoms with E-state index in [2.05, 4.69) is 0 Å². The van der Waals surface area contributed by atoms with E-state index < -0.39 is 4.92 Å². The monoisotopic (exact) mass is 227 g/mol. The predicted molar refractivity (Wildman–Crippen MR) is 58.5 cm³/mol. The van der Waals surface area contributed by atoms with Crippen LogP contribution in [0.2, 0.25) is 0 Å². The van der Waals surface area contributed by atoms with Crippen LogP contribution in [0.1, 0.15) is 0 Å². The van der Waals surface area contributed by atoms with Crippen LogP contribution in [0, 0.1) is 10.1 Å². The molecule has 1 aromatic carbocycles. The molecule has 1 rings (SSSR count). The third kappa shape index (κ3) is 3.99. The summed E-state index contributed by atoms with van der Waals surface area (Å²) in [4.78, 5) is 9.99. The molecule has 15 heavy (non-hydrogen) atoms. The quantitative estimate of drug-likeness (QED) is 0.336. The van der Waals surface area contributed by atoms with E-state index in [1.807, 2.05) is 0 Å². The van der Waals surface area contributed by atoms with Crippen LogP contribution in [0.25, 0.3) is 0 Å². The summed E-state index contributed by atoms with van der Waals surface area (Å²) >= 11 is 5.42. The molecule has 0 amide bonds. The Balaban J connectivity index is 2.58. The number of benzene rings is 1. The Hall–Kier alpha value is -1.55. The smallest absolute Gasteiger partial charge is 0.273 e. The van der Waals surface area contributed by atoms with E-state index in [4.69, 9.17) is 16.3 Å². The molecule has 0 bridgehead atoms. The van der Waals surface area contributed by atoms with Crippen molar-refractivity contribution in [2.24, 2.45) is 0 Å². The number of nitro groups is 1. The SMILES string of the molecule is O=[N+]([O-])c1cccc(OCC=CCCl)c1. The van der Waals surface area contributed by atoms with Crippen molar-refractivity contribution < 1.29 is 9.66 Å². The number of ether oxygens (including phenoxy) is 1. The first-order valence-electron chi connectivity index (χ1n) is 4.32. The molecule has 0 N–H and O–H groups in total. The summed E-state index contributed by atoms with van der Waals surface area (Å²) in [6.07, 6.45) is 3.50. The van der Waals surface area contributed by atoms with Gasteiger partial charge in [-0.25, -0.2) is 0 Å². The van der Waals surface area contributed by atoms with Gasteiger partial charge in [0.15, 0.2) is 0 Å². The minimum Gasteiger partial charge on any atom is -0.489 e. The lowest BCUT2D eigenvalue weighted by Gasteiger charge is -2.01. The molecule has 0 radical (unpaired) electrons. The molecule has 0 spiro atoms. The van der Waals surface area contributed by atoms with Crippen LogP contribution in [-0.2, 0) is 0 Å². The third-order valence-corrected chi connectivity index (χ3v) is 1.81. The second-order valence-electron chi connectivity index (χ2n) is 2.69. The van der Waals surface area contributed by atoms with E-state index in [0.717, 1.165) is 0 Å². The Kier molecular flexibility index (Phi) is 4.63. The normalized spacial score (nSPS) is 10.5. The molecule has 0 atom stereocenters. The van der Waals surface area contributed by atoms with Gasteiger partial charge in [-0.15, -0.1) is 11.6 Å². The molecular formula is C10H10ClNO3. The minimum absolute atomic E-state index is 0.0221. The van der Waals surface area contributed by atoms with Crippen molar-refractivity contribution in [2.45, 2.75) is 0 Å². The van der Waals surface area contributed by atoms with Gasteiger partial charge in [0.2, 0.25) is 0 Å². The van der Waals surface area contributed by atoms with Gasteiger partial charge in [0, 0.05) is 11.9 Å². The van der Waals surface area contributed by atoms with Gasteiger partial charge >= 0.3 is 0 Å². The average Bonchev–Trinajstić information content (AvgIpc) is 2.25. The number of halogens is 1. The van der Waals surface area contributed by atoms with Crippen molar-refractivity contribution >= 4 is 17.3 Å². The van der Waals surface area contributed by atoms with Crippen molar-refractivity contribution in [2.75, 3.05) is 12.5 Å². The summed E-state index contributed by atoms with van der Waals surface area (Å²) in [6.45, 7) is 0.355. The van der Waals surface area contributed by atoms with E-state index in [1.54, 1.807) is 24.3 Å². The largest absolute Gasteiger partial charge is 0.489 e. The topological polar surface area (TPSA) is 52.4 Å². The molecule has 0 unspecified atom stereocenters. The zero-order valence-electron chi connectivity index (χ0n) is 7.93. The Morgan fingerprint density at radius 3 is 2.93 bits per heavy atom. The summed E-state index contributed by atoms with van der Waals surface area (Å²) in [5.41, 5.74) is 0.0221. The van der Waals surface area contributed by atoms with Gasteiger partial charge in [-0.2, -0.15) is 0 Å². The molecule has 1 aromatic rings. The molecule has 80 valence electrons. The van der Waals surface area contributed by atoms with Gasteiger partial charge in [0.05, 0.1) is 11.0 Å². The second-order valence-corrected chi connectivity index (χ2v) is 3.00. The first kappa shape index (κ1) is 11.5. The maximum atomic E-state index is 10.4. The van der Waals surface area contributed by atoms with E-state index in [1.165, 1.54) is 12.1 Å². The lowest BCUT2D eigenvalue weighted by atomic mass is 10.3. The molecule has 0 fully saturated rings. The van der Waals surface area contributed by atoms with E-state index in [-0.39, 0.29) is 5.69 Å². The van der Waals surface area contributed by atoms with Crippen LogP contribution < -0.4 is 4.74 Å². The molecule has 0 aliphatic carbocycles. The van der Waals surface area contributed by atoms with Crippen molar-refractivity contribution in [3.8, 4) is 5.75 Å². The average molecular weight is 228 g/mol. The number of non-ortho nitro benzene ring substituents is 1. The molecular weight excluding hydrogens is 218 g/mol. The first-order valence-corrected chi connectivity index (χ1v) is 4.85. The Morgan fingerprint density at radius 2 is 2.27 bits per heavy atom. The Labute approximate surface area is 92.3 Å². The summed E-state index contributed by atoms with van der Waals surface area (Å²) in [5, 5.41) is 10.4.